The van der Waals surface area contributed by atoms with E-state index in [0.29, 0.717) is 5.41 Å². The van der Waals surface area contributed by atoms with Crippen molar-refractivity contribution in [2.24, 2.45) is 5.41 Å². The van der Waals surface area contributed by atoms with E-state index in [1.165, 1.54) is 42.8 Å². The van der Waals surface area contributed by atoms with Gasteiger partial charge in [0.25, 0.3) is 0 Å². The first-order valence-corrected chi connectivity index (χ1v) is 10.6. The second kappa shape index (κ2) is 7.86. The largest absolute Gasteiger partial charge is 0.354 e. The number of halogens is 1. The number of hydrogen-bond acceptors (Lipinski definition) is 5. The van der Waals surface area contributed by atoms with E-state index in [0.717, 1.165) is 31.3 Å². The number of rotatable bonds is 5. The SMILES string of the molecule is CN(C)c1ncc(CN2CCC3(CCCN(Cc4ccc(F)cc4)C3)C2)s1. The summed E-state index contributed by atoms with van der Waals surface area (Å²) in [5.74, 6) is -0.152. The third kappa shape index (κ3) is 4.50. The molecule has 2 aliphatic heterocycles. The van der Waals surface area contributed by atoms with Crippen LogP contribution in [0.1, 0.15) is 29.7 Å². The van der Waals surface area contributed by atoms with Crippen LogP contribution in [0.25, 0.3) is 0 Å². The van der Waals surface area contributed by atoms with E-state index < -0.39 is 0 Å². The number of likely N-dealkylation sites (tertiary alicyclic amines) is 2. The Balaban J connectivity index is 1.35. The van der Waals surface area contributed by atoms with Crippen molar-refractivity contribution >= 4 is 16.5 Å². The molecule has 1 aromatic heterocycles. The molecule has 2 saturated heterocycles. The maximum atomic E-state index is 13.1. The van der Waals surface area contributed by atoms with Gasteiger partial charge in [0.15, 0.2) is 5.13 Å². The molecule has 27 heavy (non-hydrogen) atoms. The first-order chi connectivity index (χ1) is 13.0. The minimum atomic E-state index is -0.152. The molecule has 3 heterocycles. The zero-order chi connectivity index (χ0) is 18.9. The van der Waals surface area contributed by atoms with E-state index in [2.05, 4.69) is 19.7 Å². The topological polar surface area (TPSA) is 22.6 Å². The number of aromatic nitrogens is 1. The van der Waals surface area contributed by atoms with Crippen LogP contribution in [-0.4, -0.2) is 55.1 Å². The minimum absolute atomic E-state index is 0.152. The third-order valence-corrected chi connectivity index (χ3v) is 7.03. The first kappa shape index (κ1) is 18.8. The van der Waals surface area contributed by atoms with Crippen molar-refractivity contribution in [1.29, 1.82) is 0 Å². The Morgan fingerprint density at radius 2 is 1.81 bits per heavy atom. The molecule has 4 nitrogen and oxygen atoms in total. The molecule has 0 radical (unpaired) electrons. The molecule has 0 bridgehead atoms. The second-order valence-electron chi connectivity index (χ2n) is 8.40. The summed E-state index contributed by atoms with van der Waals surface area (Å²) in [5.41, 5.74) is 1.64. The summed E-state index contributed by atoms with van der Waals surface area (Å²) in [6.07, 6.45) is 5.91. The molecule has 1 unspecified atom stereocenters. The summed E-state index contributed by atoms with van der Waals surface area (Å²) in [4.78, 5) is 13.1. The highest BCUT2D eigenvalue weighted by Crippen LogP contribution is 2.40. The van der Waals surface area contributed by atoms with Crippen LogP contribution in [0.2, 0.25) is 0 Å². The number of anilines is 1. The van der Waals surface area contributed by atoms with Gasteiger partial charge < -0.3 is 4.90 Å². The van der Waals surface area contributed by atoms with Gasteiger partial charge >= 0.3 is 0 Å². The molecule has 6 heteroatoms. The monoisotopic (exact) mass is 388 g/mol. The van der Waals surface area contributed by atoms with Crippen LogP contribution in [0.5, 0.6) is 0 Å². The minimum Gasteiger partial charge on any atom is -0.354 e. The summed E-state index contributed by atoms with van der Waals surface area (Å²) in [6, 6.07) is 6.99. The van der Waals surface area contributed by atoms with Crippen LogP contribution in [0.15, 0.2) is 30.5 Å². The van der Waals surface area contributed by atoms with Gasteiger partial charge in [0, 0.05) is 51.3 Å². The van der Waals surface area contributed by atoms with Gasteiger partial charge in [-0.3, -0.25) is 9.80 Å². The molecular weight excluding hydrogens is 359 g/mol. The van der Waals surface area contributed by atoms with Crippen LogP contribution in [0, 0.1) is 11.2 Å². The molecule has 1 aromatic carbocycles. The van der Waals surface area contributed by atoms with Crippen molar-refractivity contribution in [2.75, 3.05) is 45.2 Å². The molecule has 2 fully saturated rings. The molecule has 0 saturated carbocycles. The molecule has 1 atom stereocenters. The Bertz CT molecular complexity index is 760. The predicted molar refractivity (Wildman–Crippen MR) is 110 cm³/mol. The lowest BCUT2D eigenvalue weighted by atomic mass is 9.79. The average molecular weight is 389 g/mol. The highest BCUT2D eigenvalue weighted by atomic mass is 32.1. The number of nitrogens with zero attached hydrogens (tertiary/aromatic N) is 4. The third-order valence-electron chi connectivity index (χ3n) is 5.88. The number of hydrogen-bond donors (Lipinski definition) is 0. The maximum Gasteiger partial charge on any atom is 0.185 e. The molecule has 1 spiro atoms. The molecule has 0 amide bonds. The fourth-order valence-electron chi connectivity index (χ4n) is 4.59. The van der Waals surface area contributed by atoms with Gasteiger partial charge in [-0.2, -0.15) is 0 Å². The summed E-state index contributed by atoms with van der Waals surface area (Å²) in [5, 5.41) is 1.09. The van der Waals surface area contributed by atoms with E-state index in [1.54, 1.807) is 23.5 Å². The Morgan fingerprint density at radius 3 is 2.52 bits per heavy atom. The first-order valence-electron chi connectivity index (χ1n) is 9.83. The van der Waals surface area contributed by atoms with Crippen molar-refractivity contribution in [1.82, 2.24) is 14.8 Å². The zero-order valence-corrected chi connectivity index (χ0v) is 17.1. The van der Waals surface area contributed by atoms with Crippen molar-refractivity contribution < 1.29 is 4.39 Å². The van der Waals surface area contributed by atoms with Gasteiger partial charge in [0.1, 0.15) is 5.82 Å². The summed E-state index contributed by atoms with van der Waals surface area (Å²) < 4.78 is 13.1. The standard InChI is InChI=1S/C21H29FN4S/c1-24(2)20-23-12-19(27-20)14-26-11-9-21(16-26)8-3-10-25(15-21)13-17-4-6-18(22)7-5-17/h4-7,12H,3,8-11,13-16H2,1-2H3. The quantitative estimate of drug-likeness (QED) is 0.776. The molecule has 0 aliphatic carbocycles. The molecule has 146 valence electrons. The lowest BCUT2D eigenvalue weighted by molar-refractivity contribution is 0.0867. The van der Waals surface area contributed by atoms with Gasteiger partial charge in [-0.1, -0.05) is 12.1 Å². The van der Waals surface area contributed by atoms with Gasteiger partial charge in [0.2, 0.25) is 0 Å². The van der Waals surface area contributed by atoms with Gasteiger partial charge in [-0.05, 0) is 55.5 Å². The highest BCUT2D eigenvalue weighted by Gasteiger charge is 2.41. The average Bonchev–Trinajstić information content (AvgIpc) is 3.25. The zero-order valence-electron chi connectivity index (χ0n) is 16.3. The Morgan fingerprint density at radius 1 is 1.07 bits per heavy atom. The number of piperidine rings is 1. The smallest absolute Gasteiger partial charge is 0.185 e. The summed E-state index contributed by atoms with van der Waals surface area (Å²) in [6.45, 7) is 6.63. The van der Waals surface area contributed by atoms with Crippen LogP contribution >= 0.6 is 11.3 Å². The van der Waals surface area contributed by atoms with E-state index in [9.17, 15) is 4.39 Å². The number of thiazole rings is 1. The highest BCUT2D eigenvalue weighted by molar-refractivity contribution is 7.15. The second-order valence-corrected chi connectivity index (χ2v) is 9.50. The summed E-state index contributed by atoms with van der Waals surface area (Å²) >= 11 is 1.80. The molecule has 0 N–H and O–H groups in total. The predicted octanol–water partition coefficient (Wildman–Crippen LogP) is 3.84. The van der Waals surface area contributed by atoms with E-state index in [-0.39, 0.29) is 5.82 Å². The van der Waals surface area contributed by atoms with E-state index in [1.807, 2.05) is 32.4 Å². The maximum absolute atomic E-state index is 13.1. The fourth-order valence-corrected chi connectivity index (χ4v) is 5.46. The molecule has 4 rings (SSSR count). The fraction of sp³-hybridized carbons (Fsp3) is 0.571. The van der Waals surface area contributed by atoms with Gasteiger partial charge in [0.05, 0.1) is 0 Å². The molecule has 2 aromatic rings. The van der Waals surface area contributed by atoms with Gasteiger partial charge in [-0.15, -0.1) is 11.3 Å². The van der Waals surface area contributed by atoms with Crippen LogP contribution < -0.4 is 4.90 Å². The molecular formula is C21H29FN4S. The van der Waals surface area contributed by atoms with Crippen LogP contribution in [0.3, 0.4) is 0 Å². The Kier molecular flexibility index (Phi) is 5.48. The van der Waals surface area contributed by atoms with Crippen LogP contribution in [0.4, 0.5) is 9.52 Å². The van der Waals surface area contributed by atoms with E-state index >= 15 is 0 Å². The molecule has 2 aliphatic rings. The van der Waals surface area contributed by atoms with Crippen LogP contribution in [-0.2, 0) is 13.1 Å². The Hall–Kier alpha value is -1.50. The van der Waals surface area contributed by atoms with Crippen molar-refractivity contribution in [3.63, 3.8) is 0 Å². The Labute approximate surface area is 165 Å². The van der Waals surface area contributed by atoms with Crippen molar-refractivity contribution in [3.05, 3.63) is 46.7 Å². The number of benzene rings is 1. The lowest BCUT2D eigenvalue weighted by Crippen LogP contribution is -2.44. The summed E-state index contributed by atoms with van der Waals surface area (Å²) in [7, 11) is 4.09. The van der Waals surface area contributed by atoms with Crippen molar-refractivity contribution in [3.8, 4) is 0 Å². The lowest BCUT2D eigenvalue weighted by Gasteiger charge is -2.40. The van der Waals surface area contributed by atoms with E-state index in [4.69, 9.17) is 0 Å². The normalized spacial score (nSPS) is 24.0. The van der Waals surface area contributed by atoms with Gasteiger partial charge in [-0.25, -0.2) is 9.37 Å². The van der Waals surface area contributed by atoms with Crippen molar-refractivity contribution in [2.45, 2.75) is 32.4 Å².